The molecule has 0 spiro atoms. The predicted octanol–water partition coefficient (Wildman–Crippen LogP) is 2.82. The van der Waals surface area contributed by atoms with E-state index in [0.717, 1.165) is 36.6 Å². The molecule has 0 aliphatic heterocycles. The summed E-state index contributed by atoms with van der Waals surface area (Å²) in [5.74, 6) is 1.75. The molecule has 2 rings (SSSR count). The monoisotopic (exact) mass is 274 g/mol. The number of benzene rings is 1. The molecule has 0 amide bonds. The second kappa shape index (κ2) is 6.84. The molecule has 0 unspecified atom stereocenters. The summed E-state index contributed by atoms with van der Waals surface area (Å²) in [6.45, 7) is 4.86. The van der Waals surface area contributed by atoms with Crippen LogP contribution in [0.2, 0.25) is 0 Å². The first-order chi connectivity index (χ1) is 9.65. The van der Waals surface area contributed by atoms with Crippen LogP contribution in [-0.4, -0.2) is 22.6 Å². The minimum atomic E-state index is 0.117. The van der Waals surface area contributed by atoms with Crippen LogP contribution in [0.4, 0.5) is 11.4 Å². The molecule has 5 nitrogen and oxygen atoms in total. The van der Waals surface area contributed by atoms with Gasteiger partial charge in [-0.1, -0.05) is 0 Å². The van der Waals surface area contributed by atoms with E-state index in [-0.39, 0.29) is 6.10 Å². The van der Waals surface area contributed by atoms with Gasteiger partial charge in [0.2, 0.25) is 0 Å². The number of aryl methyl sites for hydroxylation is 1. The SMILES string of the molecule is CC(C)Oc1cc(NCCCc2ncc[nH]2)ccc1N. The zero-order valence-corrected chi connectivity index (χ0v) is 12.0. The van der Waals surface area contributed by atoms with Crippen molar-refractivity contribution in [1.82, 2.24) is 9.97 Å². The first kappa shape index (κ1) is 14.2. The number of nitrogens with two attached hydrogens (primary N) is 1. The molecule has 1 aromatic heterocycles. The summed E-state index contributed by atoms with van der Waals surface area (Å²) in [4.78, 5) is 7.30. The van der Waals surface area contributed by atoms with E-state index >= 15 is 0 Å². The molecular formula is C15H22N4O. The number of nitrogens with zero attached hydrogens (tertiary/aromatic N) is 1. The van der Waals surface area contributed by atoms with Gasteiger partial charge in [0.25, 0.3) is 0 Å². The molecule has 0 fully saturated rings. The maximum atomic E-state index is 5.89. The van der Waals surface area contributed by atoms with Crippen molar-refractivity contribution in [2.45, 2.75) is 32.8 Å². The van der Waals surface area contributed by atoms with Crippen molar-refractivity contribution in [3.05, 3.63) is 36.4 Å². The van der Waals surface area contributed by atoms with E-state index in [2.05, 4.69) is 15.3 Å². The van der Waals surface area contributed by atoms with E-state index in [1.54, 1.807) is 6.20 Å². The van der Waals surface area contributed by atoms with Crippen LogP contribution in [0.5, 0.6) is 5.75 Å². The smallest absolute Gasteiger partial charge is 0.144 e. The average Bonchev–Trinajstić information content (AvgIpc) is 2.91. The number of anilines is 2. The van der Waals surface area contributed by atoms with Gasteiger partial charge in [-0.05, 0) is 32.4 Å². The summed E-state index contributed by atoms with van der Waals surface area (Å²) < 4.78 is 5.67. The summed E-state index contributed by atoms with van der Waals surface area (Å²) >= 11 is 0. The van der Waals surface area contributed by atoms with Crippen molar-refractivity contribution in [2.75, 3.05) is 17.6 Å². The van der Waals surface area contributed by atoms with Crippen molar-refractivity contribution in [1.29, 1.82) is 0 Å². The highest BCUT2D eigenvalue weighted by atomic mass is 16.5. The molecule has 20 heavy (non-hydrogen) atoms. The third-order valence-corrected chi connectivity index (χ3v) is 2.85. The first-order valence-electron chi connectivity index (χ1n) is 6.93. The molecule has 0 atom stereocenters. The van der Waals surface area contributed by atoms with Gasteiger partial charge in [-0.15, -0.1) is 0 Å². The molecule has 5 heteroatoms. The summed E-state index contributed by atoms with van der Waals surface area (Å²) in [5.41, 5.74) is 7.58. The molecule has 0 saturated carbocycles. The molecule has 108 valence electrons. The van der Waals surface area contributed by atoms with Gasteiger partial charge in [0.1, 0.15) is 11.6 Å². The summed E-state index contributed by atoms with van der Waals surface area (Å²) in [6, 6.07) is 5.78. The summed E-state index contributed by atoms with van der Waals surface area (Å²) in [5, 5.41) is 3.37. The Balaban J connectivity index is 1.83. The molecule has 0 saturated heterocycles. The second-order valence-corrected chi connectivity index (χ2v) is 4.99. The highest BCUT2D eigenvalue weighted by molar-refractivity contribution is 5.61. The van der Waals surface area contributed by atoms with Crippen LogP contribution < -0.4 is 15.8 Å². The maximum absolute atomic E-state index is 5.89. The molecule has 0 aliphatic rings. The van der Waals surface area contributed by atoms with Gasteiger partial charge in [-0.3, -0.25) is 0 Å². The van der Waals surface area contributed by atoms with Gasteiger partial charge in [-0.25, -0.2) is 4.98 Å². The first-order valence-corrected chi connectivity index (χ1v) is 6.93. The lowest BCUT2D eigenvalue weighted by Crippen LogP contribution is -2.09. The highest BCUT2D eigenvalue weighted by Crippen LogP contribution is 2.26. The van der Waals surface area contributed by atoms with Crippen LogP contribution in [0, 0.1) is 0 Å². The number of H-pyrrole nitrogens is 1. The lowest BCUT2D eigenvalue weighted by molar-refractivity contribution is 0.244. The van der Waals surface area contributed by atoms with Crippen LogP contribution in [0.1, 0.15) is 26.1 Å². The Labute approximate surface area is 119 Å². The molecule has 0 radical (unpaired) electrons. The van der Waals surface area contributed by atoms with Crippen LogP contribution in [0.15, 0.2) is 30.6 Å². The van der Waals surface area contributed by atoms with Crippen molar-refractivity contribution >= 4 is 11.4 Å². The van der Waals surface area contributed by atoms with E-state index in [0.29, 0.717) is 5.69 Å². The summed E-state index contributed by atoms with van der Waals surface area (Å²) in [6.07, 6.45) is 5.69. The van der Waals surface area contributed by atoms with E-state index in [4.69, 9.17) is 10.5 Å². The molecule has 4 N–H and O–H groups in total. The number of hydrogen-bond acceptors (Lipinski definition) is 4. The van der Waals surface area contributed by atoms with E-state index in [1.165, 1.54) is 0 Å². The van der Waals surface area contributed by atoms with Gasteiger partial charge in [0.15, 0.2) is 0 Å². The van der Waals surface area contributed by atoms with Crippen molar-refractivity contribution in [3.8, 4) is 5.75 Å². The topological polar surface area (TPSA) is 76.0 Å². The number of hydrogen-bond donors (Lipinski definition) is 3. The molecule has 2 aromatic rings. The minimum Gasteiger partial charge on any atom is -0.489 e. The Bertz CT molecular complexity index is 523. The predicted molar refractivity (Wildman–Crippen MR) is 82.0 cm³/mol. The number of nitrogen functional groups attached to an aromatic ring is 1. The fourth-order valence-electron chi connectivity index (χ4n) is 1.92. The van der Waals surface area contributed by atoms with Gasteiger partial charge < -0.3 is 20.8 Å². The maximum Gasteiger partial charge on any atom is 0.144 e. The number of ether oxygens (including phenoxy) is 1. The summed E-state index contributed by atoms with van der Waals surface area (Å²) in [7, 11) is 0. The van der Waals surface area contributed by atoms with Crippen LogP contribution >= 0.6 is 0 Å². The standard InChI is InChI=1S/C15H22N4O/c1-11(2)20-14-10-12(5-6-13(14)16)17-7-3-4-15-18-8-9-19-15/h5-6,8-11,17H,3-4,7,16H2,1-2H3,(H,18,19). The van der Waals surface area contributed by atoms with Crippen molar-refractivity contribution in [2.24, 2.45) is 0 Å². The Kier molecular flexibility index (Phi) is 4.87. The number of nitrogens with one attached hydrogen (secondary N) is 2. The van der Waals surface area contributed by atoms with Crippen molar-refractivity contribution < 1.29 is 4.74 Å². The van der Waals surface area contributed by atoms with Gasteiger partial charge in [-0.2, -0.15) is 0 Å². The van der Waals surface area contributed by atoms with Crippen LogP contribution in [0.3, 0.4) is 0 Å². The van der Waals surface area contributed by atoms with Gasteiger partial charge in [0.05, 0.1) is 11.8 Å². The Hall–Kier alpha value is -2.17. The van der Waals surface area contributed by atoms with E-state index < -0.39 is 0 Å². The van der Waals surface area contributed by atoms with Crippen LogP contribution in [-0.2, 0) is 6.42 Å². The van der Waals surface area contributed by atoms with E-state index in [9.17, 15) is 0 Å². The molecule has 0 aliphatic carbocycles. The Morgan fingerprint density at radius 3 is 2.95 bits per heavy atom. The fraction of sp³-hybridized carbons (Fsp3) is 0.400. The third kappa shape index (κ3) is 4.19. The number of imidazole rings is 1. The van der Waals surface area contributed by atoms with Crippen LogP contribution in [0.25, 0.3) is 0 Å². The van der Waals surface area contributed by atoms with Gasteiger partial charge in [0, 0.05) is 37.1 Å². The lowest BCUT2D eigenvalue weighted by atomic mass is 10.2. The van der Waals surface area contributed by atoms with E-state index in [1.807, 2.05) is 38.2 Å². The zero-order valence-electron chi connectivity index (χ0n) is 12.0. The largest absolute Gasteiger partial charge is 0.489 e. The number of rotatable bonds is 7. The molecule has 1 aromatic carbocycles. The lowest BCUT2D eigenvalue weighted by Gasteiger charge is -2.14. The minimum absolute atomic E-state index is 0.117. The average molecular weight is 274 g/mol. The third-order valence-electron chi connectivity index (χ3n) is 2.85. The second-order valence-electron chi connectivity index (χ2n) is 4.99. The Morgan fingerprint density at radius 2 is 2.25 bits per heavy atom. The normalized spacial score (nSPS) is 10.8. The molecular weight excluding hydrogens is 252 g/mol. The number of aromatic amines is 1. The fourth-order valence-corrected chi connectivity index (χ4v) is 1.92. The number of aromatic nitrogens is 2. The Morgan fingerprint density at radius 1 is 1.40 bits per heavy atom. The zero-order chi connectivity index (χ0) is 14.4. The van der Waals surface area contributed by atoms with Gasteiger partial charge >= 0.3 is 0 Å². The highest BCUT2D eigenvalue weighted by Gasteiger charge is 2.04. The van der Waals surface area contributed by atoms with Crippen molar-refractivity contribution in [3.63, 3.8) is 0 Å². The molecule has 1 heterocycles. The molecule has 0 bridgehead atoms. The quantitative estimate of drug-likeness (QED) is 0.536.